The Morgan fingerprint density at radius 3 is 2.38 bits per heavy atom. The van der Waals surface area contributed by atoms with Crippen LogP contribution in [0.15, 0.2) is 16.6 Å². The lowest BCUT2D eigenvalue weighted by Crippen LogP contribution is -2.41. The molecule has 7 heteroatoms. The van der Waals surface area contributed by atoms with Gasteiger partial charge in [0.25, 0.3) is 0 Å². The number of halogens is 3. The molecule has 0 bridgehead atoms. The molecule has 1 unspecified atom stereocenters. The lowest BCUT2D eigenvalue weighted by Gasteiger charge is -2.13. The molecule has 1 rings (SSSR count). The molecule has 0 fully saturated rings. The van der Waals surface area contributed by atoms with Crippen molar-refractivity contribution in [1.29, 1.82) is 0 Å². The van der Waals surface area contributed by atoms with Gasteiger partial charge < -0.3 is 16.8 Å². The van der Waals surface area contributed by atoms with Gasteiger partial charge in [0.15, 0.2) is 0 Å². The van der Waals surface area contributed by atoms with Gasteiger partial charge in [-0.1, -0.05) is 39.1 Å². The highest BCUT2D eigenvalue weighted by atomic mass is 79.9. The van der Waals surface area contributed by atoms with E-state index in [-0.39, 0.29) is 6.54 Å². The highest BCUT2D eigenvalue weighted by Crippen LogP contribution is 2.33. The standard InChI is InChI=1S/C9H10BrCl2N3O/c10-4-1-5(11)8(6(12)2-4)15-3-7(13)9(14)16/h1-2,7,15H,3,13H2,(H2,14,16). The number of carbonyl (C=O) groups excluding carboxylic acids is 1. The van der Waals surface area contributed by atoms with Crippen molar-refractivity contribution in [2.24, 2.45) is 11.5 Å². The van der Waals surface area contributed by atoms with E-state index in [4.69, 9.17) is 34.7 Å². The van der Waals surface area contributed by atoms with Crippen molar-refractivity contribution >= 4 is 50.7 Å². The number of nitrogens with two attached hydrogens (primary N) is 2. The predicted octanol–water partition coefficient (Wildman–Crippen LogP) is 1.98. The van der Waals surface area contributed by atoms with Crippen LogP contribution in [0.25, 0.3) is 0 Å². The molecule has 0 aliphatic rings. The molecule has 1 atom stereocenters. The molecule has 0 saturated carbocycles. The molecule has 16 heavy (non-hydrogen) atoms. The second-order valence-electron chi connectivity index (χ2n) is 3.13. The number of anilines is 1. The summed E-state index contributed by atoms with van der Waals surface area (Å²) in [6.07, 6.45) is 0. The van der Waals surface area contributed by atoms with Crippen LogP contribution < -0.4 is 16.8 Å². The SMILES string of the molecule is NC(=O)C(N)CNc1c(Cl)cc(Br)cc1Cl. The van der Waals surface area contributed by atoms with Gasteiger partial charge >= 0.3 is 0 Å². The number of nitrogens with one attached hydrogen (secondary N) is 1. The minimum atomic E-state index is -0.782. The van der Waals surface area contributed by atoms with Crippen LogP contribution in [0, 0.1) is 0 Å². The fourth-order valence-electron chi connectivity index (χ4n) is 1.02. The molecule has 0 aliphatic carbocycles. The largest absolute Gasteiger partial charge is 0.381 e. The lowest BCUT2D eigenvalue weighted by atomic mass is 10.2. The molecular weight excluding hydrogens is 317 g/mol. The van der Waals surface area contributed by atoms with Crippen molar-refractivity contribution in [1.82, 2.24) is 0 Å². The lowest BCUT2D eigenvalue weighted by molar-refractivity contribution is -0.118. The quantitative estimate of drug-likeness (QED) is 0.791. The van der Waals surface area contributed by atoms with Gasteiger partial charge in [-0.15, -0.1) is 0 Å². The topological polar surface area (TPSA) is 81.1 Å². The summed E-state index contributed by atoms with van der Waals surface area (Å²) in [7, 11) is 0. The van der Waals surface area contributed by atoms with Crippen molar-refractivity contribution in [3.05, 3.63) is 26.7 Å². The van der Waals surface area contributed by atoms with Gasteiger partial charge in [0.1, 0.15) is 6.04 Å². The molecule has 0 aromatic heterocycles. The Morgan fingerprint density at radius 1 is 1.44 bits per heavy atom. The zero-order valence-electron chi connectivity index (χ0n) is 8.14. The van der Waals surface area contributed by atoms with Gasteiger partial charge in [0.05, 0.1) is 15.7 Å². The van der Waals surface area contributed by atoms with E-state index in [1.807, 2.05) is 0 Å². The van der Waals surface area contributed by atoms with Crippen LogP contribution >= 0.6 is 39.1 Å². The third kappa shape index (κ3) is 3.52. The highest BCUT2D eigenvalue weighted by molar-refractivity contribution is 9.10. The Hall–Kier alpha value is -0.490. The Morgan fingerprint density at radius 2 is 1.94 bits per heavy atom. The Balaban J connectivity index is 2.78. The van der Waals surface area contributed by atoms with E-state index in [1.54, 1.807) is 12.1 Å². The number of carbonyl (C=O) groups is 1. The summed E-state index contributed by atoms with van der Waals surface area (Å²) in [5.74, 6) is -0.586. The maximum atomic E-state index is 10.7. The normalized spacial score (nSPS) is 12.2. The van der Waals surface area contributed by atoms with E-state index in [2.05, 4.69) is 21.2 Å². The summed E-state index contributed by atoms with van der Waals surface area (Å²) >= 11 is 15.2. The minimum absolute atomic E-state index is 0.177. The van der Waals surface area contributed by atoms with Crippen molar-refractivity contribution in [2.75, 3.05) is 11.9 Å². The molecular formula is C9H10BrCl2N3O. The Kier molecular flexibility index (Phi) is 4.86. The number of hydrogen-bond acceptors (Lipinski definition) is 3. The first-order valence-corrected chi connectivity index (χ1v) is 5.90. The summed E-state index contributed by atoms with van der Waals surface area (Å²) in [4.78, 5) is 10.7. The van der Waals surface area contributed by atoms with Crippen molar-refractivity contribution < 1.29 is 4.79 Å². The molecule has 0 heterocycles. The minimum Gasteiger partial charge on any atom is -0.381 e. The summed E-state index contributed by atoms with van der Waals surface area (Å²) in [6.45, 7) is 0.177. The van der Waals surface area contributed by atoms with Crippen LogP contribution in [0.4, 0.5) is 5.69 Å². The first kappa shape index (κ1) is 13.6. The second-order valence-corrected chi connectivity index (χ2v) is 4.86. The zero-order valence-corrected chi connectivity index (χ0v) is 11.2. The monoisotopic (exact) mass is 325 g/mol. The third-order valence-corrected chi connectivity index (χ3v) is 2.93. The average Bonchev–Trinajstić information content (AvgIpc) is 2.15. The van der Waals surface area contributed by atoms with E-state index in [9.17, 15) is 4.79 Å². The first-order valence-electron chi connectivity index (χ1n) is 4.35. The van der Waals surface area contributed by atoms with Gasteiger partial charge in [-0.2, -0.15) is 0 Å². The van der Waals surface area contributed by atoms with E-state index >= 15 is 0 Å². The molecule has 1 amide bonds. The van der Waals surface area contributed by atoms with Crippen LogP contribution in [0.2, 0.25) is 10.0 Å². The number of rotatable bonds is 4. The number of amides is 1. The van der Waals surface area contributed by atoms with Crippen molar-refractivity contribution in [2.45, 2.75) is 6.04 Å². The van der Waals surface area contributed by atoms with Crippen LogP contribution in [0.3, 0.4) is 0 Å². The summed E-state index contributed by atoms with van der Waals surface area (Å²) in [5.41, 5.74) is 11.0. The third-order valence-electron chi connectivity index (χ3n) is 1.87. The highest BCUT2D eigenvalue weighted by Gasteiger charge is 2.12. The fourth-order valence-corrected chi connectivity index (χ4v) is 2.37. The van der Waals surface area contributed by atoms with Crippen LogP contribution in [0.1, 0.15) is 0 Å². The summed E-state index contributed by atoms with van der Waals surface area (Å²) in [6, 6.07) is 2.59. The zero-order chi connectivity index (χ0) is 12.3. The predicted molar refractivity (Wildman–Crippen MR) is 69.8 cm³/mol. The van der Waals surface area contributed by atoms with Gasteiger partial charge in [-0.05, 0) is 12.1 Å². The Bertz CT molecular complexity index is 391. The van der Waals surface area contributed by atoms with E-state index in [1.165, 1.54) is 0 Å². The maximum absolute atomic E-state index is 10.7. The van der Waals surface area contributed by atoms with E-state index < -0.39 is 11.9 Å². The molecule has 88 valence electrons. The van der Waals surface area contributed by atoms with Gasteiger partial charge in [0.2, 0.25) is 5.91 Å². The number of primary amides is 1. The second kappa shape index (κ2) is 5.72. The molecule has 0 spiro atoms. The molecule has 1 aromatic carbocycles. The molecule has 0 radical (unpaired) electrons. The first-order chi connectivity index (χ1) is 7.41. The van der Waals surface area contributed by atoms with Crippen LogP contribution in [0.5, 0.6) is 0 Å². The van der Waals surface area contributed by atoms with Crippen molar-refractivity contribution in [3.8, 4) is 0 Å². The number of hydrogen-bond donors (Lipinski definition) is 3. The molecule has 4 nitrogen and oxygen atoms in total. The van der Waals surface area contributed by atoms with E-state index in [0.29, 0.717) is 15.7 Å². The molecule has 1 aromatic rings. The molecule has 0 saturated heterocycles. The van der Waals surface area contributed by atoms with Gasteiger partial charge in [-0.3, -0.25) is 4.79 Å². The maximum Gasteiger partial charge on any atom is 0.236 e. The van der Waals surface area contributed by atoms with Gasteiger partial charge in [-0.25, -0.2) is 0 Å². The molecule has 0 aliphatic heterocycles. The van der Waals surface area contributed by atoms with Crippen molar-refractivity contribution in [3.63, 3.8) is 0 Å². The average molecular weight is 327 g/mol. The van der Waals surface area contributed by atoms with E-state index in [0.717, 1.165) is 4.47 Å². The fraction of sp³-hybridized carbons (Fsp3) is 0.222. The van der Waals surface area contributed by atoms with Crippen LogP contribution in [-0.2, 0) is 4.79 Å². The molecule has 5 N–H and O–H groups in total. The smallest absolute Gasteiger partial charge is 0.236 e. The Labute approximate surface area is 111 Å². The summed E-state index contributed by atoms with van der Waals surface area (Å²) < 4.78 is 0.771. The van der Waals surface area contributed by atoms with Gasteiger partial charge in [0, 0.05) is 11.0 Å². The summed E-state index contributed by atoms with van der Waals surface area (Å²) in [5, 5.41) is 3.76. The van der Waals surface area contributed by atoms with Crippen LogP contribution in [-0.4, -0.2) is 18.5 Å². The number of benzene rings is 1.